The minimum Gasteiger partial charge on any atom is -0.494 e. The van der Waals surface area contributed by atoms with E-state index in [9.17, 15) is 4.79 Å². The van der Waals surface area contributed by atoms with Crippen molar-refractivity contribution in [2.24, 2.45) is 0 Å². The van der Waals surface area contributed by atoms with Crippen molar-refractivity contribution < 1.29 is 9.53 Å². The quantitative estimate of drug-likeness (QED) is 0.164. The Morgan fingerprint density at radius 2 is 1.71 bits per heavy atom. The zero-order valence-corrected chi connectivity index (χ0v) is 20.4. The highest BCUT2D eigenvalue weighted by Gasteiger charge is 2.33. The number of aromatic nitrogens is 1. The standard InChI is InChI=1S/C28H24N2O2S2/c1-20-12-14-23(15-13-20)32-17-7-16-29-19-21(24-10-5-6-11-25(24)29)18-26-27(31)30(28(33)34-26)22-8-3-2-4-9-22/h2-6,8-15,18-19H,7,16-17H2,1H3/b26-18-. The lowest BCUT2D eigenvalue weighted by molar-refractivity contribution is -0.113. The third-order valence-electron chi connectivity index (χ3n) is 5.75. The van der Waals surface area contributed by atoms with Gasteiger partial charge >= 0.3 is 0 Å². The number of carbonyl (C=O) groups is 1. The minimum atomic E-state index is -0.0791. The van der Waals surface area contributed by atoms with Gasteiger partial charge in [-0.1, -0.05) is 78.1 Å². The largest absolute Gasteiger partial charge is 0.494 e. The highest BCUT2D eigenvalue weighted by atomic mass is 32.2. The summed E-state index contributed by atoms with van der Waals surface area (Å²) in [6.45, 7) is 3.53. The van der Waals surface area contributed by atoms with Crippen LogP contribution in [0.25, 0.3) is 17.0 Å². The number of fused-ring (bicyclic) bond motifs is 1. The first-order valence-electron chi connectivity index (χ1n) is 11.2. The van der Waals surface area contributed by atoms with Gasteiger partial charge in [0.25, 0.3) is 5.91 Å². The Morgan fingerprint density at radius 1 is 0.971 bits per heavy atom. The van der Waals surface area contributed by atoms with Gasteiger partial charge in [-0.3, -0.25) is 9.69 Å². The lowest BCUT2D eigenvalue weighted by Crippen LogP contribution is -2.27. The molecule has 0 saturated carbocycles. The van der Waals surface area contributed by atoms with Crippen LogP contribution >= 0.6 is 24.0 Å². The highest BCUT2D eigenvalue weighted by molar-refractivity contribution is 8.27. The number of amides is 1. The molecule has 0 aliphatic carbocycles. The minimum absolute atomic E-state index is 0.0791. The Morgan fingerprint density at radius 3 is 2.50 bits per heavy atom. The molecule has 1 fully saturated rings. The van der Waals surface area contributed by atoms with Gasteiger partial charge in [-0.25, -0.2) is 0 Å². The number of carbonyl (C=O) groups excluding carboxylic acids is 1. The lowest BCUT2D eigenvalue weighted by Gasteiger charge is -2.13. The third kappa shape index (κ3) is 4.65. The van der Waals surface area contributed by atoms with Gasteiger partial charge in [0, 0.05) is 29.2 Å². The summed E-state index contributed by atoms with van der Waals surface area (Å²) in [6, 6.07) is 26.0. The summed E-state index contributed by atoms with van der Waals surface area (Å²) in [5, 5.41) is 1.12. The van der Waals surface area contributed by atoms with Gasteiger partial charge in [0.1, 0.15) is 5.75 Å². The normalized spacial score (nSPS) is 15.0. The van der Waals surface area contributed by atoms with E-state index in [1.807, 2.05) is 60.7 Å². The van der Waals surface area contributed by atoms with Crippen LogP contribution in [0.3, 0.4) is 0 Å². The van der Waals surface area contributed by atoms with E-state index in [4.69, 9.17) is 17.0 Å². The molecule has 2 heterocycles. The molecule has 0 spiro atoms. The van der Waals surface area contributed by atoms with Crippen LogP contribution in [0.15, 0.2) is 90.0 Å². The van der Waals surface area contributed by atoms with E-state index in [2.05, 4.69) is 42.0 Å². The predicted octanol–water partition coefficient (Wildman–Crippen LogP) is 6.82. The Bertz CT molecular complexity index is 1370. The molecule has 0 unspecified atom stereocenters. The number of aryl methyl sites for hydroxylation is 2. The average molecular weight is 485 g/mol. The SMILES string of the molecule is Cc1ccc(OCCCn2cc(/C=C3\SC(=S)N(c4ccccc4)C3=O)c3ccccc32)cc1. The fourth-order valence-corrected chi connectivity index (χ4v) is 5.33. The van der Waals surface area contributed by atoms with E-state index in [1.54, 1.807) is 4.90 Å². The molecular weight excluding hydrogens is 460 g/mol. The Balaban J connectivity index is 1.34. The Labute approximate surface area is 208 Å². The van der Waals surface area contributed by atoms with Gasteiger partial charge in [0.2, 0.25) is 0 Å². The van der Waals surface area contributed by atoms with Gasteiger partial charge in [-0.15, -0.1) is 0 Å². The van der Waals surface area contributed by atoms with Crippen molar-refractivity contribution in [3.63, 3.8) is 0 Å². The van der Waals surface area contributed by atoms with Crippen LogP contribution in [0.5, 0.6) is 5.75 Å². The highest BCUT2D eigenvalue weighted by Crippen LogP contribution is 2.37. The molecule has 1 aromatic heterocycles. The summed E-state index contributed by atoms with van der Waals surface area (Å²) >= 11 is 6.87. The topological polar surface area (TPSA) is 34.5 Å². The molecule has 0 bridgehead atoms. The number of rotatable bonds is 7. The second kappa shape index (κ2) is 9.87. The van der Waals surface area contributed by atoms with E-state index in [1.165, 1.54) is 17.3 Å². The fourth-order valence-electron chi connectivity index (χ4n) is 4.04. The van der Waals surface area contributed by atoms with E-state index < -0.39 is 0 Å². The van der Waals surface area contributed by atoms with Crippen LogP contribution in [-0.2, 0) is 11.3 Å². The van der Waals surface area contributed by atoms with Gasteiger partial charge in [0.05, 0.1) is 17.2 Å². The van der Waals surface area contributed by atoms with Gasteiger partial charge in [-0.2, -0.15) is 0 Å². The number of thiocarbonyl (C=S) groups is 1. The zero-order chi connectivity index (χ0) is 23.5. The van der Waals surface area contributed by atoms with Crippen LogP contribution in [0, 0.1) is 6.92 Å². The number of nitrogens with zero attached hydrogens (tertiary/aromatic N) is 2. The molecule has 0 N–H and O–H groups in total. The molecule has 1 amide bonds. The first-order chi connectivity index (χ1) is 16.6. The molecule has 1 saturated heterocycles. The van der Waals surface area contributed by atoms with Gasteiger partial charge in [0.15, 0.2) is 4.32 Å². The van der Waals surface area contributed by atoms with Crippen molar-refractivity contribution in [1.29, 1.82) is 0 Å². The summed E-state index contributed by atoms with van der Waals surface area (Å²) in [6.07, 6.45) is 4.96. The van der Waals surface area contributed by atoms with Crippen LogP contribution in [-0.4, -0.2) is 21.4 Å². The van der Waals surface area contributed by atoms with Crippen molar-refractivity contribution in [2.45, 2.75) is 19.9 Å². The van der Waals surface area contributed by atoms with E-state index >= 15 is 0 Å². The average Bonchev–Trinajstić information content (AvgIpc) is 3.34. The maximum Gasteiger partial charge on any atom is 0.270 e. The summed E-state index contributed by atoms with van der Waals surface area (Å²) in [5.41, 5.74) is 4.18. The molecule has 170 valence electrons. The van der Waals surface area contributed by atoms with E-state index in [0.717, 1.165) is 40.9 Å². The van der Waals surface area contributed by atoms with Crippen molar-refractivity contribution >= 4 is 56.9 Å². The number of benzene rings is 3. The van der Waals surface area contributed by atoms with Crippen molar-refractivity contribution in [2.75, 3.05) is 11.5 Å². The zero-order valence-electron chi connectivity index (χ0n) is 18.8. The predicted molar refractivity (Wildman–Crippen MR) is 145 cm³/mol. The third-order valence-corrected chi connectivity index (χ3v) is 7.05. The number of thioether (sulfide) groups is 1. The van der Waals surface area contributed by atoms with Gasteiger partial charge in [-0.05, 0) is 49.8 Å². The molecule has 0 atom stereocenters. The smallest absolute Gasteiger partial charge is 0.270 e. The van der Waals surface area contributed by atoms with E-state index in [-0.39, 0.29) is 5.91 Å². The second-order valence-electron chi connectivity index (χ2n) is 8.16. The summed E-state index contributed by atoms with van der Waals surface area (Å²) in [7, 11) is 0. The van der Waals surface area contributed by atoms with Crippen molar-refractivity contribution in [1.82, 2.24) is 4.57 Å². The summed E-state index contributed by atoms with van der Waals surface area (Å²) in [4.78, 5) is 15.4. The van der Waals surface area contributed by atoms with Crippen LogP contribution in [0.1, 0.15) is 17.5 Å². The summed E-state index contributed by atoms with van der Waals surface area (Å²) < 4.78 is 8.68. The fraction of sp³-hybridized carbons (Fsp3) is 0.143. The van der Waals surface area contributed by atoms with Crippen molar-refractivity contribution in [3.05, 3.63) is 101 Å². The first-order valence-corrected chi connectivity index (χ1v) is 12.4. The number of hydrogen-bond donors (Lipinski definition) is 0. The summed E-state index contributed by atoms with van der Waals surface area (Å²) in [5.74, 6) is 0.814. The lowest BCUT2D eigenvalue weighted by atomic mass is 10.1. The second-order valence-corrected chi connectivity index (χ2v) is 9.84. The number of para-hydroxylation sites is 2. The monoisotopic (exact) mass is 484 g/mol. The Hall–Kier alpha value is -3.35. The van der Waals surface area contributed by atoms with Crippen LogP contribution in [0.4, 0.5) is 5.69 Å². The van der Waals surface area contributed by atoms with Crippen molar-refractivity contribution in [3.8, 4) is 5.75 Å². The first kappa shape index (κ1) is 22.4. The molecule has 0 radical (unpaired) electrons. The van der Waals surface area contributed by atoms with Gasteiger partial charge < -0.3 is 9.30 Å². The number of anilines is 1. The number of ether oxygens (including phenoxy) is 1. The van der Waals surface area contributed by atoms with E-state index in [0.29, 0.717) is 15.8 Å². The molecule has 34 heavy (non-hydrogen) atoms. The maximum atomic E-state index is 13.2. The molecule has 3 aromatic carbocycles. The Kier molecular flexibility index (Phi) is 6.52. The number of hydrogen-bond acceptors (Lipinski definition) is 4. The molecular formula is C28H24N2O2S2. The maximum absolute atomic E-state index is 13.2. The molecule has 4 aromatic rings. The molecule has 1 aliphatic rings. The van der Waals surface area contributed by atoms with Crippen LogP contribution < -0.4 is 9.64 Å². The van der Waals surface area contributed by atoms with Crippen LogP contribution in [0.2, 0.25) is 0 Å². The molecule has 5 rings (SSSR count). The molecule has 6 heteroatoms. The molecule has 4 nitrogen and oxygen atoms in total. The molecule has 1 aliphatic heterocycles.